The van der Waals surface area contributed by atoms with E-state index in [1.165, 1.54) is 0 Å². The maximum atomic E-state index is 12.4. The Morgan fingerprint density at radius 2 is 1.26 bits per heavy atom. The molecule has 2 atom stereocenters. The Bertz CT molecular complexity index is 689. The molecule has 1 aromatic rings. The van der Waals surface area contributed by atoms with Crippen LogP contribution >= 0.6 is 0 Å². The molecule has 0 aliphatic rings. The third-order valence-corrected chi connectivity index (χ3v) is 5.35. The average Bonchev–Trinajstić information content (AvgIpc) is 2.72. The minimum absolute atomic E-state index is 0.0274. The second kappa shape index (κ2) is 13.9. The van der Waals surface area contributed by atoms with Crippen molar-refractivity contribution in [3.05, 3.63) is 23.8 Å². The first-order chi connectivity index (χ1) is 14.7. The van der Waals surface area contributed by atoms with Gasteiger partial charge in [0.25, 0.3) is 0 Å². The number of urea groups is 2. The van der Waals surface area contributed by atoms with E-state index in [9.17, 15) is 9.59 Å². The van der Waals surface area contributed by atoms with Crippen LogP contribution in [0.3, 0.4) is 0 Å². The van der Waals surface area contributed by atoms with Crippen molar-refractivity contribution in [1.82, 2.24) is 20.4 Å². The number of rotatable bonds is 12. The maximum Gasteiger partial charge on any atom is 0.319 e. The zero-order valence-corrected chi connectivity index (χ0v) is 20.3. The highest BCUT2D eigenvalue weighted by Gasteiger charge is 2.13. The van der Waals surface area contributed by atoms with E-state index in [1.54, 1.807) is 6.07 Å². The molecule has 0 aliphatic heterocycles. The first kappa shape index (κ1) is 26.7. The summed E-state index contributed by atoms with van der Waals surface area (Å²) >= 11 is 0. The van der Waals surface area contributed by atoms with Gasteiger partial charge in [-0.05, 0) is 64.6 Å². The summed E-state index contributed by atoms with van der Waals surface area (Å²) in [5.74, 6) is 0. The highest BCUT2D eigenvalue weighted by Crippen LogP contribution is 2.20. The van der Waals surface area contributed by atoms with Crippen molar-refractivity contribution in [3.63, 3.8) is 0 Å². The zero-order chi connectivity index (χ0) is 23.4. The number of aryl methyl sites for hydroxylation is 1. The molecule has 1 rings (SSSR count). The minimum Gasteiger partial charge on any atom is -0.334 e. The summed E-state index contributed by atoms with van der Waals surface area (Å²) < 4.78 is 0. The van der Waals surface area contributed by atoms with Crippen molar-refractivity contribution in [1.29, 1.82) is 0 Å². The molecule has 0 radical (unpaired) electrons. The molecule has 0 unspecified atom stereocenters. The second-order valence-electron chi connectivity index (χ2n) is 8.00. The zero-order valence-electron chi connectivity index (χ0n) is 20.3. The number of likely N-dealkylation sites (N-methyl/N-ethyl adjacent to an activating group) is 2. The number of anilines is 2. The number of amides is 4. The molecule has 0 aromatic heterocycles. The summed E-state index contributed by atoms with van der Waals surface area (Å²) in [6.45, 7) is 19.7. The Kier molecular flexibility index (Phi) is 12.0. The first-order valence-electron chi connectivity index (χ1n) is 11.4. The molecule has 0 aliphatic carbocycles. The normalized spacial score (nSPS) is 13.1. The van der Waals surface area contributed by atoms with E-state index in [1.807, 2.05) is 32.9 Å². The number of benzene rings is 1. The third-order valence-electron chi connectivity index (χ3n) is 5.35. The smallest absolute Gasteiger partial charge is 0.319 e. The average molecular weight is 435 g/mol. The van der Waals surface area contributed by atoms with E-state index in [-0.39, 0.29) is 24.1 Å². The summed E-state index contributed by atoms with van der Waals surface area (Å²) in [7, 11) is 0. The van der Waals surface area contributed by atoms with Gasteiger partial charge in [0.2, 0.25) is 0 Å². The molecular formula is C23H42N6O2. The predicted molar refractivity (Wildman–Crippen MR) is 130 cm³/mol. The Labute approximate surface area is 188 Å². The Hall–Kier alpha value is -2.32. The van der Waals surface area contributed by atoms with Gasteiger partial charge in [0, 0.05) is 36.5 Å². The Morgan fingerprint density at radius 1 is 0.806 bits per heavy atom. The Balaban J connectivity index is 2.64. The molecule has 4 amide bonds. The molecular weight excluding hydrogens is 392 g/mol. The molecule has 0 saturated carbocycles. The molecule has 0 bridgehead atoms. The number of nitrogens with one attached hydrogen (secondary N) is 4. The largest absolute Gasteiger partial charge is 0.334 e. The lowest BCUT2D eigenvalue weighted by atomic mass is 10.2. The summed E-state index contributed by atoms with van der Waals surface area (Å²) in [6, 6.07) is 5.03. The molecule has 176 valence electrons. The molecule has 0 spiro atoms. The van der Waals surface area contributed by atoms with Crippen molar-refractivity contribution in [3.8, 4) is 0 Å². The fourth-order valence-corrected chi connectivity index (χ4v) is 3.44. The van der Waals surface area contributed by atoms with Crippen LogP contribution in [0.25, 0.3) is 0 Å². The van der Waals surface area contributed by atoms with Crippen LogP contribution in [0, 0.1) is 6.92 Å². The molecule has 8 nitrogen and oxygen atoms in total. The van der Waals surface area contributed by atoms with Crippen LogP contribution in [-0.2, 0) is 0 Å². The summed E-state index contributed by atoms with van der Waals surface area (Å²) in [4.78, 5) is 29.3. The van der Waals surface area contributed by atoms with Crippen LogP contribution in [0.15, 0.2) is 18.2 Å². The SMILES string of the molecule is CCN(CC)C[C@@H](C)NC(=O)Nc1cc(NC(=O)N[C@@H](C)CN(CC)CC)ccc1C. The van der Waals surface area contributed by atoms with E-state index in [0.29, 0.717) is 11.4 Å². The van der Waals surface area contributed by atoms with Gasteiger partial charge < -0.3 is 31.1 Å². The molecule has 0 saturated heterocycles. The van der Waals surface area contributed by atoms with Crippen molar-refractivity contribution in [2.45, 2.75) is 60.5 Å². The third kappa shape index (κ3) is 10.0. The van der Waals surface area contributed by atoms with Crippen LogP contribution in [0.1, 0.15) is 47.1 Å². The molecule has 0 heterocycles. The van der Waals surface area contributed by atoms with Gasteiger partial charge in [0.05, 0.1) is 0 Å². The lowest BCUT2D eigenvalue weighted by molar-refractivity contribution is 0.237. The Morgan fingerprint density at radius 3 is 1.71 bits per heavy atom. The number of carbonyl (C=O) groups is 2. The van der Waals surface area contributed by atoms with Crippen LogP contribution in [0.5, 0.6) is 0 Å². The van der Waals surface area contributed by atoms with E-state index in [2.05, 4.69) is 58.8 Å². The standard InChI is InChI=1S/C23H42N6O2/c1-8-28(9-2)15-18(6)24-22(30)26-20-13-12-17(5)21(14-20)27-23(31)25-19(7)16-29(10-3)11-4/h12-14,18-19H,8-11,15-16H2,1-7H3,(H2,24,26,30)(H2,25,27,31)/t18-,19+/m0/s1. The summed E-state index contributed by atoms with van der Waals surface area (Å²) in [5, 5.41) is 11.7. The van der Waals surface area contributed by atoms with Gasteiger partial charge in [-0.25, -0.2) is 9.59 Å². The molecule has 0 fully saturated rings. The number of nitrogens with zero attached hydrogens (tertiary/aromatic N) is 2. The number of hydrogen-bond donors (Lipinski definition) is 4. The highest BCUT2D eigenvalue weighted by atomic mass is 16.2. The second-order valence-corrected chi connectivity index (χ2v) is 8.00. The predicted octanol–water partition coefficient (Wildman–Crippen LogP) is 3.70. The fraction of sp³-hybridized carbons (Fsp3) is 0.652. The highest BCUT2D eigenvalue weighted by molar-refractivity contribution is 5.93. The molecule has 31 heavy (non-hydrogen) atoms. The number of carbonyl (C=O) groups excluding carboxylic acids is 2. The van der Waals surface area contributed by atoms with Crippen LogP contribution < -0.4 is 21.3 Å². The van der Waals surface area contributed by atoms with Gasteiger partial charge in [0.1, 0.15) is 0 Å². The number of hydrogen-bond acceptors (Lipinski definition) is 4. The van der Waals surface area contributed by atoms with E-state index >= 15 is 0 Å². The minimum atomic E-state index is -0.258. The monoisotopic (exact) mass is 434 g/mol. The molecule has 1 aromatic carbocycles. The van der Waals surface area contributed by atoms with Crippen molar-refractivity contribution < 1.29 is 9.59 Å². The molecule has 8 heteroatoms. The van der Waals surface area contributed by atoms with Gasteiger partial charge in [0.15, 0.2) is 0 Å². The van der Waals surface area contributed by atoms with Gasteiger partial charge in [-0.1, -0.05) is 33.8 Å². The first-order valence-corrected chi connectivity index (χ1v) is 11.4. The molecule has 4 N–H and O–H groups in total. The van der Waals surface area contributed by atoms with Crippen molar-refractivity contribution >= 4 is 23.4 Å². The van der Waals surface area contributed by atoms with E-state index in [0.717, 1.165) is 44.8 Å². The van der Waals surface area contributed by atoms with Crippen LogP contribution in [0.2, 0.25) is 0 Å². The van der Waals surface area contributed by atoms with Gasteiger partial charge in [-0.2, -0.15) is 0 Å². The van der Waals surface area contributed by atoms with E-state index in [4.69, 9.17) is 0 Å². The quantitative estimate of drug-likeness (QED) is 0.404. The van der Waals surface area contributed by atoms with E-state index < -0.39 is 0 Å². The maximum absolute atomic E-state index is 12.4. The van der Waals surface area contributed by atoms with Gasteiger partial charge >= 0.3 is 12.1 Å². The lowest BCUT2D eigenvalue weighted by Crippen LogP contribution is -2.44. The fourth-order valence-electron chi connectivity index (χ4n) is 3.44. The van der Waals surface area contributed by atoms with Crippen molar-refractivity contribution in [2.75, 3.05) is 49.9 Å². The van der Waals surface area contributed by atoms with Gasteiger partial charge in [-0.3, -0.25) is 0 Å². The summed E-state index contributed by atoms with van der Waals surface area (Å²) in [5.41, 5.74) is 2.22. The lowest BCUT2D eigenvalue weighted by Gasteiger charge is -2.24. The van der Waals surface area contributed by atoms with Crippen LogP contribution in [-0.4, -0.2) is 73.2 Å². The topological polar surface area (TPSA) is 88.7 Å². The van der Waals surface area contributed by atoms with Gasteiger partial charge in [-0.15, -0.1) is 0 Å². The van der Waals surface area contributed by atoms with Crippen LogP contribution in [0.4, 0.5) is 21.0 Å². The van der Waals surface area contributed by atoms with Crippen molar-refractivity contribution in [2.24, 2.45) is 0 Å². The summed E-state index contributed by atoms with van der Waals surface area (Å²) in [6.07, 6.45) is 0.